The van der Waals surface area contributed by atoms with Crippen LogP contribution in [0.4, 0.5) is 13.2 Å². The number of carbonyl (C=O) groups is 1. The van der Waals surface area contributed by atoms with Crippen LogP contribution in [0.15, 0.2) is 42.7 Å². The van der Waals surface area contributed by atoms with E-state index in [1.807, 2.05) is 32.9 Å². The Kier molecular flexibility index (Phi) is 4.84. The van der Waals surface area contributed by atoms with Gasteiger partial charge in [0.2, 0.25) is 0 Å². The Hall–Kier alpha value is -3.55. The van der Waals surface area contributed by atoms with Crippen LogP contribution in [-0.4, -0.2) is 25.5 Å². The molecule has 33 heavy (non-hydrogen) atoms. The predicted octanol–water partition coefficient (Wildman–Crippen LogP) is 5.81. The summed E-state index contributed by atoms with van der Waals surface area (Å²) in [4.78, 5) is 22.0. The van der Waals surface area contributed by atoms with Gasteiger partial charge in [-0.05, 0) is 73.7 Å². The van der Waals surface area contributed by atoms with Crippen molar-refractivity contribution < 1.29 is 18.0 Å². The lowest BCUT2D eigenvalue weighted by Crippen LogP contribution is -2.26. The summed E-state index contributed by atoms with van der Waals surface area (Å²) in [6, 6.07) is 7.42. The Labute approximate surface area is 188 Å². The van der Waals surface area contributed by atoms with Gasteiger partial charge in [-0.3, -0.25) is 9.48 Å². The molecule has 5 nitrogen and oxygen atoms in total. The third-order valence-corrected chi connectivity index (χ3v) is 6.34. The van der Waals surface area contributed by atoms with E-state index in [1.165, 1.54) is 12.3 Å². The van der Waals surface area contributed by atoms with Crippen molar-refractivity contribution >= 4 is 16.7 Å². The molecule has 168 valence electrons. The molecule has 1 unspecified atom stereocenters. The SMILES string of the molecule is Cc1cc(C2CCn3ncc(C)c3C2=O)c(C)cc1-c1ncc2cc(C(F)(F)F)ccc2n1. The van der Waals surface area contributed by atoms with Gasteiger partial charge in [0.1, 0.15) is 5.69 Å². The quantitative estimate of drug-likeness (QED) is 0.387. The maximum Gasteiger partial charge on any atom is 0.416 e. The number of halogens is 3. The van der Waals surface area contributed by atoms with Gasteiger partial charge in [0.05, 0.1) is 23.2 Å². The van der Waals surface area contributed by atoms with Crippen LogP contribution in [0.1, 0.15) is 50.6 Å². The van der Waals surface area contributed by atoms with Gasteiger partial charge in [-0.1, -0.05) is 6.07 Å². The summed E-state index contributed by atoms with van der Waals surface area (Å²) in [6.07, 6.45) is -0.584. The molecule has 2 aromatic carbocycles. The molecule has 5 rings (SSSR count). The number of benzene rings is 2. The van der Waals surface area contributed by atoms with Crippen molar-refractivity contribution in [1.82, 2.24) is 19.7 Å². The van der Waals surface area contributed by atoms with Crippen LogP contribution in [0, 0.1) is 20.8 Å². The highest BCUT2D eigenvalue weighted by molar-refractivity contribution is 6.01. The van der Waals surface area contributed by atoms with Gasteiger partial charge < -0.3 is 0 Å². The van der Waals surface area contributed by atoms with Crippen LogP contribution in [0.3, 0.4) is 0 Å². The Bertz CT molecular complexity index is 1420. The van der Waals surface area contributed by atoms with Gasteiger partial charge in [-0.2, -0.15) is 18.3 Å². The van der Waals surface area contributed by atoms with E-state index in [0.29, 0.717) is 35.4 Å². The summed E-state index contributed by atoms with van der Waals surface area (Å²) in [7, 11) is 0. The van der Waals surface area contributed by atoms with Gasteiger partial charge in [0, 0.05) is 23.7 Å². The molecule has 1 atom stereocenters. The molecule has 0 bridgehead atoms. The third-order valence-electron chi connectivity index (χ3n) is 6.34. The molecule has 0 aliphatic carbocycles. The Morgan fingerprint density at radius 2 is 1.79 bits per heavy atom. The zero-order valence-electron chi connectivity index (χ0n) is 18.4. The number of fused-ring (bicyclic) bond motifs is 2. The van der Waals surface area contributed by atoms with Crippen molar-refractivity contribution in [3.63, 3.8) is 0 Å². The number of nitrogens with zero attached hydrogens (tertiary/aromatic N) is 4. The van der Waals surface area contributed by atoms with Crippen LogP contribution >= 0.6 is 0 Å². The average Bonchev–Trinajstić information content (AvgIpc) is 3.16. The van der Waals surface area contributed by atoms with Gasteiger partial charge in [-0.25, -0.2) is 9.97 Å². The van der Waals surface area contributed by atoms with Crippen LogP contribution in [0.2, 0.25) is 0 Å². The fourth-order valence-corrected chi connectivity index (χ4v) is 4.61. The molecule has 0 saturated heterocycles. The van der Waals surface area contributed by atoms with Gasteiger partial charge in [-0.15, -0.1) is 0 Å². The molecule has 8 heteroatoms. The smallest absolute Gasteiger partial charge is 0.292 e. The first-order valence-corrected chi connectivity index (χ1v) is 10.7. The molecule has 0 fully saturated rings. The standard InChI is InChI=1S/C25H21F3N4O/c1-13-9-20(24-29-12-16-10-17(25(26,27)28)4-5-21(16)31-24)14(2)8-19(13)18-6-7-32-22(23(18)33)15(3)11-30-32/h4-5,8-12,18H,6-7H2,1-3H3. The molecule has 0 radical (unpaired) electrons. The number of Topliss-reactive ketones (excluding diaryl/α,β-unsaturated/α-hetero) is 1. The number of carbonyl (C=O) groups excluding carboxylic acids is 1. The summed E-state index contributed by atoms with van der Waals surface area (Å²) >= 11 is 0. The fourth-order valence-electron chi connectivity index (χ4n) is 4.61. The number of hydrogen-bond donors (Lipinski definition) is 0. The Morgan fingerprint density at radius 3 is 2.55 bits per heavy atom. The van der Waals surface area contributed by atoms with Crippen molar-refractivity contribution in [1.29, 1.82) is 0 Å². The van der Waals surface area contributed by atoms with Crippen LogP contribution < -0.4 is 0 Å². The molecule has 4 aromatic rings. The highest BCUT2D eigenvalue weighted by Gasteiger charge is 2.32. The van der Waals surface area contributed by atoms with E-state index in [9.17, 15) is 18.0 Å². The minimum Gasteiger partial charge on any atom is -0.292 e. The van der Waals surface area contributed by atoms with Crippen LogP contribution in [-0.2, 0) is 12.7 Å². The number of ketones is 1. The highest BCUT2D eigenvalue weighted by atomic mass is 19.4. The van der Waals surface area contributed by atoms with Crippen LogP contribution in [0.5, 0.6) is 0 Å². The second kappa shape index (κ2) is 7.50. The lowest BCUT2D eigenvalue weighted by molar-refractivity contribution is -0.137. The molecule has 0 amide bonds. The Morgan fingerprint density at radius 1 is 1.00 bits per heavy atom. The largest absolute Gasteiger partial charge is 0.416 e. The van der Waals surface area contributed by atoms with Gasteiger partial charge in [0.25, 0.3) is 0 Å². The lowest BCUT2D eigenvalue weighted by Gasteiger charge is -2.25. The zero-order chi connectivity index (χ0) is 23.5. The average molecular weight is 450 g/mol. The molecular weight excluding hydrogens is 429 g/mol. The zero-order valence-corrected chi connectivity index (χ0v) is 18.4. The predicted molar refractivity (Wildman–Crippen MR) is 118 cm³/mol. The van der Waals surface area contributed by atoms with E-state index in [-0.39, 0.29) is 11.7 Å². The van der Waals surface area contributed by atoms with Crippen molar-refractivity contribution in [2.75, 3.05) is 0 Å². The highest BCUT2D eigenvalue weighted by Crippen LogP contribution is 2.36. The molecule has 1 aliphatic heterocycles. The van der Waals surface area contributed by atoms with Crippen LogP contribution in [0.25, 0.3) is 22.3 Å². The van der Waals surface area contributed by atoms with E-state index in [0.717, 1.165) is 39.9 Å². The number of aromatic nitrogens is 4. The number of aryl methyl sites for hydroxylation is 4. The van der Waals surface area contributed by atoms with E-state index >= 15 is 0 Å². The first-order chi connectivity index (χ1) is 15.6. The minimum absolute atomic E-state index is 0.0777. The topological polar surface area (TPSA) is 60.7 Å². The summed E-state index contributed by atoms with van der Waals surface area (Å²) in [5.41, 5.74) is 4.90. The van der Waals surface area contributed by atoms with Crippen molar-refractivity contribution in [2.24, 2.45) is 0 Å². The van der Waals surface area contributed by atoms with Crippen molar-refractivity contribution in [3.8, 4) is 11.4 Å². The number of alkyl halides is 3. The molecule has 2 aromatic heterocycles. The van der Waals surface area contributed by atoms with E-state index in [4.69, 9.17) is 0 Å². The van der Waals surface area contributed by atoms with E-state index in [2.05, 4.69) is 15.1 Å². The molecule has 1 aliphatic rings. The monoisotopic (exact) mass is 450 g/mol. The maximum atomic E-state index is 13.2. The molecule has 3 heterocycles. The summed E-state index contributed by atoms with van der Waals surface area (Å²) in [6.45, 7) is 6.48. The minimum atomic E-state index is -4.41. The molecule has 0 N–H and O–H groups in total. The molecular formula is C25H21F3N4O. The third kappa shape index (κ3) is 3.59. The van der Waals surface area contributed by atoms with Crippen molar-refractivity contribution in [3.05, 3.63) is 76.2 Å². The fraction of sp³-hybridized carbons (Fsp3) is 0.280. The normalized spacial score (nSPS) is 16.3. The number of hydrogen-bond acceptors (Lipinski definition) is 4. The molecule has 0 spiro atoms. The second-order valence-corrected chi connectivity index (χ2v) is 8.59. The summed E-state index contributed by atoms with van der Waals surface area (Å²) in [5, 5.41) is 4.62. The van der Waals surface area contributed by atoms with Gasteiger partial charge in [0.15, 0.2) is 11.6 Å². The first kappa shape index (κ1) is 21.3. The first-order valence-electron chi connectivity index (χ1n) is 10.7. The van der Waals surface area contributed by atoms with Gasteiger partial charge >= 0.3 is 6.18 Å². The summed E-state index contributed by atoms with van der Waals surface area (Å²) < 4.78 is 40.8. The Balaban J connectivity index is 1.52. The molecule has 0 saturated carbocycles. The number of rotatable bonds is 2. The second-order valence-electron chi connectivity index (χ2n) is 8.59. The summed E-state index contributed by atoms with van der Waals surface area (Å²) in [5.74, 6) is 0.284. The maximum absolute atomic E-state index is 13.2. The van der Waals surface area contributed by atoms with E-state index < -0.39 is 11.7 Å². The van der Waals surface area contributed by atoms with E-state index in [1.54, 1.807) is 10.9 Å². The van der Waals surface area contributed by atoms with Crippen molar-refractivity contribution in [2.45, 2.75) is 45.8 Å². The lowest BCUT2D eigenvalue weighted by atomic mass is 9.83.